The molecule has 0 aliphatic heterocycles. The summed E-state index contributed by atoms with van der Waals surface area (Å²) in [6.45, 7) is 5.65. The van der Waals surface area contributed by atoms with Crippen molar-refractivity contribution in [1.82, 2.24) is 15.3 Å². The molecule has 1 aromatic heterocycles. The Hall–Kier alpha value is -1.68. The van der Waals surface area contributed by atoms with Crippen molar-refractivity contribution in [2.45, 2.75) is 20.4 Å². The maximum atomic E-state index is 13.2. The van der Waals surface area contributed by atoms with E-state index in [0.717, 1.165) is 35.7 Å². The predicted molar refractivity (Wildman–Crippen MR) is 66.1 cm³/mol. The van der Waals surface area contributed by atoms with E-state index in [1.165, 1.54) is 12.1 Å². The van der Waals surface area contributed by atoms with Crippen LogP contribution in [-0.2, 0) is 6.54 Å². The van der Waals surface area contributed by atoms with Gasteiger partial charge in [0.15, 0.2) is 0 Å². The number of hydrogen-bond acceptors (Lipinski definition) is 2. The molecule has 3 nitrogen and oxygen atoms in total. The number of hydrogen-bond donors (Lipinski definition) is 2. The summed E-state index contributed by atoms with van der Waals surface area (Å²) in [6.07, 6.45) is 1.78. The van der Waals surface area contributed by atoms with Crippen LogP contribution in [0.1, 0.15) is 18.2 Å². The Morgan fingerprint density at radius 1 is 1.41 bits per heavy atom. The van der Waals surface area contributed by atoms with Crippen molar-refractivity contribution in [3.63, 3.8) is 0 Å². The van der Waals surface area contributed by atoms with Gasteiger partial charge in [-0.25, -0.2) is 9.37 Å². The van der Waals surface area contributed by atoms with E-state index in [4.69, 9.17) is 0 Å². The Labute approximate surface area is 100 Å². The van der Waals surface area contributed by atoms with Crippen LogP contribution in [0.4, 0.5) is 4.39 Å². The molecule has 0 atom stereocenters. The maximum Gasteiger partial charge on any atom is 0.137 e. The molecule has 2 rings (SSSR count). The molecule has 0 fully saturated rings. The molecule has 0 unspecified atom stereocenters. The molecule has 2 N–H and O–H groups in total. The first kappa shape index (κ1) is 11.8. The fraction of sp³-hybridized carbons (Fsp3) is 0.308. The average molecular weight is 233 g/mol. The largest absolute Gasteiger partial charge is 0.341 e. The molecule has 0 saturated heterocycles. The topological polar surface area (TPSA) is 40.7 Å². The smallest absolute Gasteiger partial charge is 0.137 e. The Kier molecular flexibility index (Phi) is 3.54. The zero-order valence-electron chi connectivity index (χ0n) is 10.0. The van der Waals surface area contributed by atoms with Gasteiger partial charge in [-0.3, -0.25) is 0 Å². The van der Waals surface area contributed by atoms with Crippen molar-refractivity contribution in [3.05, 3.63) is 41.5 Å². The Morgan fingerprint density at radius 2 is 2.24 bits per heavy atom. The number of benzene rings is 1. The van der Waals surface area contributed by atoms with E-state index in [1.807, 2.05) is 13.8 Å². The number of halogens is 1. The third kappa shape index (κ3) is 2.71. The fourth-order valence-electron chi connectivity index (χ4n) is 1.69. The zero-order chi connectivity index (χ0) is 12.3. The Bertz CT molecular complexity index is 505. The second-order valence-corrected chi connectivity index (χ2v) is 4.00. The van der Waals surface area contributed by atoms with Gasteiger partial charge in [-0.15, -0.1) is 0 Å². The van der Waals surface area contributed by atoms with Crippen LogP contribution in [0.3, 0.4) is 0 Å². The fourth-order valence-corrected chi connectivity index (χ4v) is 1.69. The second-order valence-electron chi connectivity index (χ2n) is 4.00. The molecule has 0 aliphatic rings. The highest BCUT2D eigenvalue weighted by molar-refractivity contribution is 5.60. The van der Waals surface area contributed by atoms with E-state index in [2.05, 4.69) is 15.3 Å². The van der Waals surface area contributed by atoms with Crippen molar-refractivity contribution < 1.29 is 4.39 Å². The second kappa shape index (κ2) is 5.10. The van der Waals surface area contributed by atoms with Crippen LogP contribution in [0.15, 0.2) is 24.4 Å². The van der Waals surface area contributed by atoms with Crippen LogP contribution in [0.5, 0.6) is 0 Å². The van der Waals surface area contributed by atoms with Crippen LogP contribution in [0.25, 0.3) is 11.4 Å². The monoisotopic (exact) mass is 233 g/mol. The van der Waals surface area contributed by atoms with Crippen molar-refractivity contribution >= 4 is 0 Å². The highest BCUT2D eigenvalue weighted by Gasteiger charge is 2.07. The summed E-state index contributed by atoms with van der Waals surface area (Å²) in [5.41, 5.74) is 2.83. The molecule has 90 valence electrons. The van der Waals surface area contributed by atoms with Gasteiger partial charge in [0.05, 0.1) is 0 Å². The van der Waals surface area contributed by atoms with E-state index in [0.29, 0.717) is 0 Å². The van der Waals surface area contributed by atoms with E-state index in [1.54, 1.807) is 12.3 Å². The average Bonchev–Trinajstić information content (AvgIpc) is 2.78. The van der Waals surface area contributed by atoms with Crippen LogP contribution in [0, 0.1) is 12.7 Å². The molecule has 0 bridgehead atoms. The quantitative estimate of drug-likeness (QED) is 0.852. The lowest BCUT2D eigenvalue weighted by Gasteiger charge is -2.02. The molecule has 0 saturated carbocycles. The van der Waals surface area contributed by atoms with Gasteiger partial charge in [-0.2, -0.15) is 0 Å². The molecule has 17 heavy (non-hydrogen) atoms. The summed E-state index contributed by atoms with van der Waals surface area (Å²) in [5.74, 6) is 0.477. The van der Waals surface area contributed by atoms with Crippen molar-refractivity contribution in [2.75, 3.05) is 6.54 Å². The van der Waals surface area contributed by atoms with Gasteiger partial charge in [-0.05, 0) is 31.2 Å². The number of H-pyrrole nitrogens is 1. The van der Waals surface area contributed by atoms with E-state index in [9.17, 15) is 4.39 Å². The van der Waals surface area contributed by atoms with E-state index in [-0.39, 0.29) is 5.82 Å². The summed E-state index contributed by atoms with van der Waals surface area (Å²) in [4.78, 5) is 7.47. The zero-order valence-corrected chi connectivity index (χ0v) is 10.0. The molecule has 0 amide bonds. The van der Waals surface area contributed by atoms with Crippen LogP contribution < -0.4 is 5.32 Å². The van der Waals surface area contributed by atoms with Gasteiger partial charge in [0.1, 0.15) is 11.6 Å². The summed E-state index contributed by atoms with van der Waals surface area (Å²) < 4.78 is 13.2. The summed E-state index contributed by atoms with van der Waals surface area (Å²) in [7, 11) is 0. The standard InChI is InChI=1S/C13H16FN3/c1-3-15-7-11-8-16-13(17-11)12-6-10(14)5-4-9(12)2/h4-6,8,15H,3,7H2,1-2H3,(H,16,17). The highest BCUT2D eigenvalue weighted by Crippen LogP contribution is 2.21. The number of rotatable bonds is 4. The van der Waals surface area contributed by atoms with E-state index >= 15 is 0 Å². The lowest BCUT2D eigenvalue weighted by molar-refractivity contribution is 0.628. The molecule has 2 aromatic rings. The van der Waals surface area contributed by atoms with Crippen molar-refractivity contribution in [3.8, 4) is 11.4 Å². The van der Waals surface area contributed by atoms with Gasteiger partial charge >= 0.3 is 0 Å². The number of aryl methyl sites for hydroxylation is 1. The number of aromatic amines is 1. The van der Waals surface area contributed by atoms with Gasteiger partial charge < -0.3 is 10.3 Å². The summed E-state index contributed by atoms with van der Waals surface area (Å²) in [6, 6.07) is 4.73. The minimum absolute atomic E-state index is 0.241. The van der Waals surface area contributed by atoms with Crippen LogP contribution >= 0.6 is 0 Å². The Balaban J connectivity index is 2.27. The van der Waals surface area contributed by atoms with E-state index < -0.39 is 0 Å². The minimum atomic E-state index is -0.241. The van der Waals surface area contributed by atoms with Gasteiger partial charge in [0.2, 0.25) is 0 Å². The first-order chi connectivity index (χ1) is 8.20. The lowest BCUT2D eigenvalue weighted by Crippen LogP contribution is -2.11. The van der Waals surface area contributed by atoms with Crippen LogP contribution in [-0.4, -0.2) is 16.5 Å². The van der Waals surface area contributed by atoms with Crippen molar-refractivity contribution in [1.29, 1.82) is 0 Å². The lowest BCUT2D eigenvalue weighted by atomic mass is 10.1. The molecular formula is C13H16FN3. The normalized spacial score (nSPS) is 10.8. The first-order valence-electron chi connectivity index (χ1n) is 5.72. The Morgan fingerprint density at radius 3 is 3.00 bits per heavy atom. The molecule has 4 heteroatoms. The number of nitrogens with zero attached hydrogens (tertiary/aromatic N) is 1. The summed E-state index contributed by atoms with van der Waals surface area (Å²) in [5, 5.41) is 3.21. The predicted octanol–water partition coefficient (Wildman–Crippen LogP) is 2.63. The summed E-state index contributed by atoms with van der Waals surface area (Å²) >= 11 is 0. The first-order valence-corrected chi connectivity index (χ1v) is 5.72. The third-order valence-electron chi connectivity index (χ3n) is 2.65. The SMILES string of the molecule is CCNCc1cnc(-c2cc(F)ccc2C)[nH]1. The van der Waals surface area contributed by atoms with Gasteiger partial charge in [0, 0.05) is 24.0 Å². The van der Waals surface area contributed by atoms with Gasteiger partial charge in [0.25, 0.3) is 0 Å². The molecule has 1 heterocycles. The molecule has 1 aromatic carbocycles. The van der Waals surface area contributed by atoms with Crippen LogP contribution in [0.2, 0.25) is 0 Å². The molecular weight excluding hydrogens is 217 g/mol. The molecule has 0 aliphatic carbocycles. The minimum Gasteiger partial charge on any atom is -0.341 e. The van der Waals surface area contributed by atoms with Gasteiger partial charge in [-0.1, -0.05) is 13.0 Å². The van der Waals surface area contributed by atoms with Crippen molar-refractivity contribution in [2.24, 2.45) is 0 Å². The number of imidazole rings is 1. The number of aromatic nitrogens is 2. The molecule has 0 spiro atoms. The highest BCUT2D eigenvalue weighted by atomic mass is 19.1. The third-order valence-corrected chi connectivity index (χ3v) is 2.65. The number of nitrogens with one attached hydrogen (secondary N) is 2. The molecule has 0 radical (unpaired) electrons. The maximum absolute atomic E-state index is 13.2.